The lowest BCUT2D eigenvalue weighted by Crippen LogP contribution is -2.53. The van der Waals surface area contributed by atoms with E-state index in [2.05, 4.69) is 10.2 Å². The van der Waals surface area contributed by atoms with Crippen molar-refractivity contribution in [1.82, 2.24) is 9.80 Å². The molecule has 1 aromatic rings. The van der Waals surface area contributed by atoms with Gasteiger partial charge in [0.25, 0.3) is 0 Å². The highest BCUT2D eigenvalue weighted by Crippen LogP contribution is 2.21. The maximum atomic E-state index is 13.5. The van der Waals surface area contributed by atoms with E-state index in [9.17, 15) is 23.1 Å². The zero-order valence-electron chi connectivity index (χ0n) is 12.9. The molecule has 0 saturated carbocycles. The van der Waals surface area contributed by atoms with Crippen LogP contribution in [0, 0.1) is 17.5 Å². The lowest BCUT2D eigenvalue weighted by atomic mass is 10.2. The van der Waals surface area contributed by atoms with Crippen molar-refractivity contribution < 1.29 is 23.1 Å². The van der Waals surface area contributed by atoms with Gasteiger partial charge in [-0.1, -0.05) is 6.92 Å². The van der Waals surface area contributed by atoms with Crippen molar-refractivity contribution in [3.63, 3.8) is 0 Å². The van der Waals surface area contributed by atoms with Gasteiger partial charge < -0.3 is 15.3 Å². The first kappa shape index (κ1) is 17.6. The topological polar surface area (TPSA) is 55.8 Å². The van der Waals surface area contributed by atoms with Crippen molar-refractivity contribution in [2.45, 2.75) is 19.4 Å². The highest BCUT2D eigenvalue weighted by molar-refractivity contribution is 5.89. The van der Waals surface area contributed by atoms with Crippen molar-refractivity contribution in [1.29, 1.82) is 0 Å². The number of nitrogens with one attached hydrogen (secondary N) is 1. The van der Waals surface area contributed by atoms with E-state index >= 15 is 0 Å². The molecule has 1 aromatic carbocycles. The summed E-state index contributed by atoms with van der Waals surface area (Å²) in [5.74, 6) is -3.34. The third kappa shape index (κ3) is 4.14. The van der Waals surface area contributed by atoms with Crippen molar-refractivity contribution >= 4 is 11.7 Å². The number of anilines is 1. The van der Waals surface area contributed by atoms with Crippen LogP contribution in [0.2, 0.25) is 0 Å². The number of urea groups is 1. The highest BCUT2D eigenvalue weighted by Gasteiger charge is 2.26. The first-order valence-corrected chi connectivity index (χ1v) is 7.51. The molecule has 0 aliphatic carbocycles. The number of piperazine rings is 1. The van der Waals surface area contributed by atoms with Crippen molar-refractivity contribution in [2.75, 3.05) is 38.1 Å². The molecule has 1 saturated heterocycles. The average molecular weight is 331 g/mol. The number of hydrogen-bond donors (Lipinski definition) is 2. The van der Waals surface area contributed by atoms with Crippen molar-refractivity contribution in [2.24, 2.45) is 0 Å². The van der Waals surface area contributed by atoms with Gasteiger partial charge in [0.1, 0.15) is 11.5 Å². The minimum absolute atomic E-state index is 0.0483. The minimum atomic E-state index is -1.15. The van der Waals surface area contributed by atoms with Crippen LogP contribution >= 0.6 is 0 Å². The predicted octanol–water partition coefficient (Wildman–Crippen LogP) is 2.02. The first-order chi connectivity index (χ1) is 11.0. The largest absolute Gasteiger partial charge is 0.395 e. The fourth-order valence-corrected chi connectivity index (χ4v) is 2.64. The van der Waals surface area contributed by atoms with Crippen LogP contribution in [-0.4, -0.2) is 59.8 Å². The summed E-state index contributed by atoms with van der Waals surface area (Å²) in [6.45, 7) is 3.93. The Morgan fingerprint density at radius 1 is 1.22 bits per heavy atom. The zero-order chi connectivity index (χ0) is 17.0. The molecule has 1 atom stereocenters. The molecule has 8 heteroatoms. The Morgan fingerprint density at radius 2 is 1.78 bits per heavy atom. The summed E-state index contributed by atoms with van der Waals surface area (Å²) in [5, 5.41) is 11.4. The maximum absolute atomic E-state index is 13.5. The molecular formula is C15H20F3N3O2. The molecule has 1 unspecified atom stereocenters. The molecule has 0 bridgehead atoms. The summed E-state index contributed by atoms with van der Waals surface area (Å²) >= 11 is 0. The van der Waals surface area contributed by atoms with Gasteiger partial charge in [0.05, 0.1) is 6.61 Å². The fourth-order valence-electron chi connectivity index (χ4n) is 2.64. The number of halogens is 3. The molecule has 2 amide bonds. The number of aliphatic hydroxyl groups excluding tert-OH is 1. The lowest BCUT2D eigenvalue weighted by molar-refractivity contribution is 0.0765. The van der Waals surface area contributed by atoms with Crippen LogP contribution in [0.15, 0.2) is 12.1 Å². The van der Waals surface area contributed by atoms with Crippen LogP contribution in [-0.2, 0) is 0 Å². The number of nitrogens with zero attached hydrogens (tertiary/aromatic N) is 2. The monoisotopic (exact) mass is 331 g/mol. The van der Waals surface area contributed by atoms with E-state index in [1.807, 2.05) is 6.92 Å². The molecule has 0 spiro atoms. The molecule has 0 radical (unpaired) electrons. The van der Waals surface area contributed by atoms with Gasteiger partial charge >= 0.3 is 6.03 Å². The zero-order valence-corrected chi connectivity index (χ0v) is 12.9. The number of carbonyl (C=O) groups is 1. The summed E-state index contributed by atoms with van der Waals surface area (Å²) < 4.78 is 40.0. The van der Waals surface area contributed by atoms with Gasteiger partial charge in [-0.15, -0.1) is 0 Å². The molecule has 2 rings (SSSR count). The Labute approximate surface area is 132 Å². The van der Waals surface area contributed by atoms with Crippen molar-refractivity contribution in [3.05, 3.63) is 29.6 Å². The van der Waals surface area contributed by atoms with E-state index in [4.69, 9.17) is 0 Å². The van der Waals surface area contributed by atoms with Crippen LogP contribution in [0.4, 0.5) is 23.7 Å². The summed E-state index contributed by atoms with van der Waals surface area (Å²) in [7, 11) is 0. The standard InChI is InChI=1S/C15H20F3N3O2/c1-2-11(9-22)20-3-5-21(6-4-20)15(23)19-14-12(17)7-10(16)8-13(14)18/h7-8,11,22H,2-6,9H2,1H3,(H,19,23). The number of aliphatic hydroxyl groups is 1. The van der Waals surface area contributed by atoms with Crippen LogP contribution in [0.25, 0.3) is 0 Å². The van der Waals surface area contributed by atoms with Crippen LogP contribution in [0.5, 0.6) is 0 Å². The van der Waals surface area contributed by atoms with Crippen LogP contribution in [0.1, 0.15) is 13.3 Å². The summed E-state index contributed by atoms with van der Waals surface area (Å²) in [6, 6.07) is 0.450. The van der Waals surface area contributed by atoms with E-state index in [1.54, 1.807) is 0 Å². The van der Waals surface area contributed by atoms with Gasteiger partial charge in [-0.05, 0) is 6.42 Å². The maximum Gasteiger partial charge on any atom is 0.322 e. The van der Waals surface area contributed by atoms with Crippen molar-refractivity contribution in [3.8, 4) is 0 Å². The van der Waals surface area contributed by atoms with Gasteiger partial charge in [0, 0.05) is 44.4 Å². The Bertz CT molecular complexity index is 536. The molecule has 1 heterocycles. The molecule has 1 fully saturated rings. The number of rotatable bonds is 4. The quantitative estimate of drug-likeness (QED) is 0.888. The minimum Gasteiger partial charge on any atom is -0.395 e. The second kappa shape index (κ2) is 7.65. The second-order valence-electron chi connectivity index (χ2n) is 5.44. The Balaban J connectivity index is 1.96. The summed E-state index contributed by atoms with van der Waals surface area (Å²) in [5.41, 5.74) is -0.652. The SMILES string of the molecule is CCC(CO)N1CCN(C(=O)Nc2c(F)cc(F)cc2F)CC1. The molecule has 2 N–H and O–H groups in total. The van der Waals surface area contributed by atoms with Gasteiger partial charge in [-0.25, -0.2) is 18.0 Å². The Kier molecular flexibility index (Phi) is 5.84. The number of benzene rings is 1. The Morgan fingerprint density at radius 3 is 2.26 bits per heavy atom. The molecule has 23 heavy (non-hydrogen) atoms. The smallest absolute Gasteiger partial charge is 0.322 e. The van der Waals surface area contributed by atoms with Gasteiger partial charge in [-0.2, -0.15) is 0 Å². The highest BCUT2D eigenvalue weighted by atomic mass is 19.1. The molecule has 0 aromatic heterocycles. The fraction of sp³-hybridized carbons (Fsp3) is 0.533. The molecule has 1 aliphatic heterocycles. The number of amides is 2. The molecule has 5 nitrogen and oxygen atoms in total. The van der Waals surface area contributed by atoms with E-state index in [0.717, 1.165) is 6.42 Å². The van der Waals surface area contributed by atoms with Gasteiger partial charge in [0.15, 0.2) is 11.6 Å². The number of hydrogen-bond acceptors (Lipinski definition) is 3. The van der Waals surface area contributed by atoms with E-state index < -0.39 is 29.2 Å². The average Bonchev–Trinajstić information content (AvgIpc) is 2.52. The van der Waals surface area contributed by atoms with Crippen LogP contribution < -0.4 is 5.32 Å². The molecular weight excluding hydrogens is 311 g/mol. The van der Waals surface area contributed by atoms with E-state index in [0.29, 0.717) is 38.3 Å². The molecule has 1 aliphatic rings. The lowest BCUT2D eigenvalue weighted by Gasteiger charge is -2.38. The van der Waals surface area contributed by atoms with Gasteiger partial charge in [0.2, 0.25) is 0 Å². The number of carbonyl (C=O) groups excluding carboxylic acids is 1. The summed E-state index contributed by atoms with van der Waals surface area (Å²) in [6.07, 6.45) is 0.800. The van der Waals surface area contributed by atoms with Crippen LogP contribution in [0.3, 0.4) is 0 Å². The second-order valence-corrected chi connectivity index (χ2v) is 5.44. The third-order valence-corrected chi connectivity index (χ3v) is 4.04. The molecule has 128 valence electrons. The predicted molar refractivity (Wildman–Crippen MR) is 79.6 cm³/mol. The van der Waals surface area contributed by atoms with E-state index in [1.165, 1.54) is 4.90 Å². The van der Waals surface area contributed by atoms with Gasteiger partial charge in [-0.3, -0.25) is 4.90 Å². The first-order valence-electron chi connectivity index (χ1n) is 7.51. The Hall–Kier alpha value is -1.80. The summed E-state index contributed by atoms with van der Waals surface area (Å²) in [4.78, 5) is 15.6. The third-order valence-electron chi connectivity index (χ3n) is 4.04. The normalized spacial score (nSPS) is 17.2. The van der Waals surface area contributed by atoms with E-state index in [-0.39, 0.29) is 12.6 Å².